The third-order valence-corrected chi connectivity index (χ3v) is 6.33. The van der Waals surface area contributed by atoms with Gasteiger partial charge in [-0.25, -0.2) is 0 Å². The number of thiazole rings is 1. The van der Waals surface area contributed by atoms with Crippen LogP contribution < -0.4 is 19.6 Å². The summed E-state index contributed by atoms with van der Waals surface area (Å²) in [7, 11) is 0. The van der Waals surface area contributed by atoms with Gasteiger partial charge in [-0.1, -0.05) is 35.6 Å². The van der Waals surface area contributed by atoms with Gasteiger partial charge in [-0.15, -0.1) is 5.10 Å². The van der Waals surface area contributed by atoms with Crippen LogP contribution in [-0.4, -0.2) is 21.2 Å². The van der Waals surface area contributed by atoms with Gasteiger partial charge in [0.1, 0.15) is 22.7 Å². The first-order valence-electron chi connectivity index (χ1n) is 10.4. The van der Waals surface area contributed by atoms with E-state index in [0.717, 1.165) is 23.5 Å². The third-order valence-electron chi connectivity index (χ3n) is 5.37. The maximum atomic E-state index is 13.0. The Labute approximate surface area is 198 Å². The van der Waals surface area contributed by atoms with E-state index in [1.807, 2.05) is 12.1 Å². The highest BCUT2D eigenvalue weighted by atomic mass is 32.1. The molecule has 176 valence electrons. The van der Waals surface area contributed by atoms with Crippen LogP contribution in [0.1, 0.15) is 23.3 Å². The second-order valence-electron chi connectivity index (χ2n) is 7.72. The van der Waals surface area contributed by atoms with Crippen LogP contribution in [0.15, 0.2) is 69.9 Å². The lowest BCUT2D eigenvalue weighted by Crippen LogP contribution is -2.26. The average Bonchev–Trinajstić information content (AvgIpc) is 3.56. The second kappa shape index (κ2) is 7.98. The molecular weight excluding hydrogens is 483 g/mol. The molecule has 11 heteroatoms. The number of alkyl halides is 3. The molecule has 1 unspecified atom stereocenters. The molecule has 0 N–H and O–H groups in total. The van der Waals surface area contributed by atoms with Crippen molar-refractivity contribution in [2.75, 3.05) is 6.61 Å². The summed E-state index contributed by atoms with van der Waals surface area (Å²) in [5.74, 6) is 2.12. The first-order chi connectivity index (χ1) is 16.8. The van der Waals surface area contributed by atoms with Crippen LogP contribution in [0.25, 0.3) is 22.4 Å². The summed E-state index contributed by atoms with van der Waals surface area (Å²) in [6.07, 6.45) is -3.49. The summed E-state index contributed by atoms with van der Waals surface area (Å²) in [5, 5.41) is 4.30. The van der Waals surface area contributed by atoms with Crippen molar-refractivity contribution in [3.05, 3.63) is 92.7 Å². The van der Waals surface area contributed by atoms with E-state index in [4.69, 9.17) is 13.9 Å². The Bertz CT molecular complexity index is 1670. The molecule has 35 heavy (non-hydrogen) atoms. The van der Waals surface area contributed by atoms with Crippen molar-refractivity contribution in [1.82, 2.24) is 14.6 Å². The largest absolute Gasteiger partial charge is 0.485 e. The molecule has 3 aromatic heterocycles. The second-order valence-corrected chi connectivity index (χ2v) is 8.73. The SMILES string of the molecule is O=c1/c(=C\c2ccc(-c3cccc(C(F)(F)F)c3)o2)sc2nc(C3COc4ccccc4O3)nn12. The van der Waals surface area contributed by atoms with Crippen molar-refractivity contribution in [2.45, 2.75) is 12.3 Å². The Hall–Kier alpha value is -4.12. The van der Waals surface area contributed by atoms with Gasteiger partial charge in [0, 0.05) is 11.6 Å². The fraction of sp³-hybridized carbons (Fsp3) is 0.125. The van der Waals surface area contributed by atoms with Crippen LogP contribution in [0.5, 0.6) is 11.5 Å². The summed E-state index contributed by atoms with van der Waals surface area (Å²) in [5.41, 5.74) is -0.876. The molecule has 1 aliphatic heterocycles. The van der Waals surface area contributed by atoms with Crippen molar-refractivity contribution in [3.8, 4) is 22.8 Å². The Morgan fingerprint density at radius 1 is 1.06 bits per heavy atom. The normalized spacial score (nSPS) is 16.2. The minimum absolute atomic E-state index is 0.215. The number of rotatable bonds is 3. The van der Waals surface area contributed by atoms with Crippen molar-refractivity contribution in [1.29, 1.82) is 0 Å². The molecule has 5 aromatic rings. The highest BCUT2D eigenvalue weighted by molar-refractivity contribution is 7.15. The number of ether oxygens (including phenoxy) is 2. The van der Waals surface area contributed by atoms with E-state index in [1.165, 1.54) is 22.7 Å². The smallest absolute Gasteiger partial charge is 0.416 e. The summed E-state index contributed by atoms with van der Waals surface area (Å²) in [4.78, 5) is 17.7. The number of hydrogen-bond donors (Lipinski definition) is 0. The van der Waals surface area contributed by atoms with Gasteiger partial charge in [0.05, 0.1) is 5.56 Å². The van der Waals surface area contributed by atoms with Crippen molar-refractivity contribution in [3.63, 3.8) is 0 Å². The van der Waals surface area contributed by atoms with E-state index >= 15 is 0 Å². The standard InChI is InChI=1S/C24H14F3N3O4S/c25-24(26,27)14-5-3-4-13(10-14)16-9-8-15(33-16)11-20-22(31)30-23(35-20)28-21(29-30)19-12-32-17-6-1-2-7-18(17)34-19/h1-11,19H,12H2/b20-11+. The molecule has 0 saturated carbocycles. The van der Waals surface area contributed by atoms with E-state index in [2.05, 4.69) is 10.1 Å². The highest BCUT2D eigenvalue weighted by Crippen LogP contribution is 2.35. The lowest BCUT2D eigenvalue weighted by molar-refractivity contribution is -0.137. The fourth-order valence-corrected chi connectivity index (χ4v) is 4.59. The molecule has 0 saturated heterocycles. The predicted molar refractivity (Wildman–Crippen MR) is 120 cm³/mol. The predicted octanol–water partition coefficient (Wildman–Crippen LogP) is 4.49. The molecular formula is C24H14F3N3O4S. The van der Waals surface area contributed by atoms with Crippen LogP contribution in [0.3, 0.4) is 0 Å². The minimum Gasteiger partial charge on any atom is -0.485 e. The number of hydrogen-bond acceptors (Lipinski definition) is 7. The van der Waals surface area contributed by atoms with Crippen molar-refractivity contribution < 1.29 is 27.1 Å². The lowest BCUT2D eigenvalue weighted by atomic mass is 10.1. The number of benzene rings is 2. The van der Waals surface area contributed by atoms with Crippen LogP contribution >= 0.6 is 11.3 Å². The number of furan rings is 1. The number of fused-ring (bicyclic) bond motifs is 2. The monoisotopic (exact) mass is 497 g/mol. The first-order valence-corrected chi connectivity index (χ1v) is 11.2. The molecule has 0 aliphatic carbocycles. The molecule has 0 fully saturated rings. The van der Waals surface area contributed by atoms with Gasteiger partial charge in [-0.3, -0.25) is 4.79 Å². The van der Waals surface area contributed by atoms with Gasteiger partial charge >= 0.3 is 6.18 Å². The molecule has 2 aromatic carbocycles. The Balaban J connectivity index is 1.28. The van der Waals surface area contributed by atoms with Gasteiger partial charge in [0.25, 0.3) is 5.56 Å². The Morgan fingerprint density at radius 2 is 1.89 bits per heavy atom. The molecule has 4 heterocycles. The molecule has 6 rings (SSSR count). The number of nitrogens with zero attached hydrogens (tertiary/aromatic N) is 3. The van der Waals surface area contributed by atoms with Crippen LogP contribution in [0, 0.1) is 0 Å². The van der Waals surface area contributed by atoms with Gasteiger partial charge < -0.3 is 13.9 Å². The van der Waals surface area contributed by atoms with Crippen LogP contribution in [-0.2, 0) is 6.18 Å². The highest BCUT2D eigenvalue weighted by Gasteiger charge is 2.31. The van der Waals surface area contributed by atoms with E-state index in [0.29, 0.717) is 32.6 Å². The van der Waals surface area contributed by atoms with Crippen LogP contribution in [0.2, 0.25) is 0 Å². The van der Waals surface area contributed by atoms with E-state index in [1.54, 1.807) is 24.3 Å². The van der Waals surface area contributed by atoms with Gasteiger partial charge in [0.15, 0.2) is 23.4 Å². The number of aromatic nitrogens is 3. The van der Waals surface area contributed by atoms with Crippen molar-refractivity contribution >= 4 is 22.4 Å². The molecule has 7 nitrogen and oxygen atoms in total. The third kappa shape index (κ3) is 3.93. The molecule has 1 aliphatic rings. The maximum absolute atomic E-state index is 13.0. The summed E-state index contributed by atoms with van der Waals surface area (Å²) < 4.78 is 57.8. The topological polar surface area (TPSA) is 78.9 Å². The van der Waals surface area contributed by atoms with Gasteiger partial charge in [0.2, 0.25) is 4.96 Å². The molecule has 1 atom stereocenters. The first kappa shape index (κ1) is 21.4. The fourth-order valence-electron chi connectivity index (χ4n) is 3.70. The average molecular weight is 497 g/mol. The zero-order valence-corrected chi connectivity index (χ0v) is 18.5. The molecule has 0 bridgehead atoms. The number of para-hydroxylation sites is 2. The van der Waals surface area contributed by atoms with Crippen LogP contribution in [0.4, 0.5) is 13.2 Å². The lowest BCUT2D eigenvalue weighted by Gasteiger charge is -2.24. The zero-order valence-electron chi connectivity index (χ0n) is 17.7. The Morgan fingerprint density at radius 3 is 2.69 bits per heavy atom. The molecule has 0 radical (unpaired) electrons. The van der Waals surface area contributed by atoms with E-state index < -0.39 is 23.4 Å². The van der Waals surface area contributed by atoms with E-state index in [-0.39, 0.29) is 17.9 Å². The van der Waals surface area contributed by atoms with Crippen molar-refractivity contribution in [2.24, 2.45) is 0 Å². The number of halogens is 3. The molecule has 0 amide bonds. The van der Waals surface area contributed by atoms with E-state index in [9.17, 15) is 18.0 Å². The summed E-state index contributed by atoms with van der Waals surface area (Å²) in [6.45, 7) is 0.215. The maximum Gasteiger partial charge on any atom is 0.416 e. The summed E-state index contributed by atoms with van der Waals surface area (Å²) >= 11 is 1.12. The van der Waals surface area contributed by atoms with Gasteiger partial charge in [-0.2, -0.15) is 22.7 Å². The quantitative estimate of drug-likeness (QED) is 0.366. The Kier molecular flexibility index (Phi) is 4.88. The zero-order chi connectivity index (χ0) is 24.2. The molecule has 0 spiro atoms. The minimum atomic E-state index is -4.45. The summed E-state index contributed by atoms with van der Waals surface area (Å²) in [6, 6.07) is 15.2. The van der Waals surface area contributed by atoms with Gasteiger partial charge in [-0.05, 0) is 36.4 Å².